The maximum atomic E-state index is 14.2. The van der Waals surface area contributed by atoms with Gasteiger partial charge in [-0.25, -0.2) is 4.39 Å². The van der Waals surface area contributed by atoms with E-state index in [1.165, 1.54) is 18.2 Å². The molecule has 1 amide bonds. The Morgan fingerprint density at radius 1 is 1.07 bits per heavy atom. The van der Waals surface area contributed by atoms with E-state index in [-0.39, 0.29) is 23.1 Å². The second-order valence-electron chi connectivity index (χ2n) is 10.8. The lowest BCUT2D eigenvalue weighted by atomic mass is 9.72. The molecule has 0 saturated carbocycles. The van der Waals surface area contributed by atoms with E-state index < -0.39 is 23.0 Å². The number of hydrogen-bond acceptors (Lipinski definition) is 6. The summed E-state index contributed by atoms with van der Waals surface area (Å²) in [6.07, 6.45) is -1.51. The number of benzene rings is 2. The van der Waals surface area contributed by atoms with Crippen LogP contribution in [-0.2, 0) is 16.4 Å². The first-order valence-corrected chi connectivity index (χ1v) is 13.6. The molecule has 216 valence electrons. The van der Waals surface area contributed by atoms with Crippen LogP contribution in [-0.4, -0.2) is 55.1 Å². The van der Waals surface area contributed by atoms with Gasteiger partial charge in [0.2, 0.25) is 5.91 Å². The predicted molar refractivity (Wildman–Crippen MR) is 148 cm³/mol. The lowest BCUT2D eigenvalue weighted by Crippen LogP contribution is -2.54. The smallest absolute Gasteiger partial charge is 0.370 e. The number of piperidine rings is 1. The number of nitrogens with one attached hydrogen (secondary N) is 1. The largest absolute Gasteiger partial charge is 0.416 e. The van der Waals surface area contributed by atoms with Crippen molar-refractivity contribution in [1.82, 2.24) is 15.2 Å². The Kier molecular flexibility index (Phi) is 7.89. The van der Waals surface area contributed by atoms with E-state index in [4.69, 9.17) is 0 Å². The van der Waals surface area contributed by atoms with Gasteiger partial charge in [0.1, 0.15) is 18.0 Å². The molecule has 7 nitrogen and oxygen atoms in total. The van der Waals surface area contributed by atoms with Crippen molar-refractivity contribution in [2.75, 3.05) is 38.1 Å². The Balaban J connectivity index is 1.45. The molecule has 3 heterocycles. The third-order valence-corrected chi connectivity index (χ3v) is 8.28. The molecule has 2 aliphatic rings. The minimum absolute atomic E-state index is 0.0183. The van der Waals surface area contributed by atoms with Crippen LogP contribution >= 0.6 is 0 Å². The van der Waals surface area contributed by atoms with Gasteiger partial charge in [0.05, 0.1) is 33.5 Å². The molecule has 0 radical (unpaired) electrons. The van der Waals surface area contributed by atoms with Crippen molar-refractivity contribution in [3.63, 3.8) is 0 Å². The molecule has 3 aromatic rings. The summed E-state index contributed by atoms with van der Waals surface area (Å²) >= 11 is 0. The molecule has 2 fully saturated rings. The molecule has 42 heavy (non-hydrogen) atoms. The summed E-state index contributed by atoms with van der Waals surface area (Å²) in [6, 6.07) is 14.6. The van der Waals surface area contributed by atoms with E-state index in [1.54, 1.807) is 24.4 Å². The molecule has 1 N–H and O–H groups in total. The molecule has 0 spiro atoms. The van der Waals surface area contributed by atoms with Crippen LogP contribution in [0.1, 0.15) is 41.5 Å². The predicted octanol–water partition coefficient (Wildman–Crippen LogP) is 5.01. The Labute approximate surface area is 241 Å². The van der Waals surface area contributed by atoms with Crippen LogP contribution < -0.4 is 10.2 Å². The summed E-state index contributed by atoms with van der Waals surface area (Å²) < 4.78 is 53.9. The van der Waals surface area contributed by atoms with Crippen LogP contribution in [0.5, 0.6) is 0 Å². The summed E-state index contributed by atoms with van der Waals surface area (Å²) in [7, 11) is 1.99. The Morgan fingerprint density at radius 3 is 2.43 bits per heavy atom. The quantitative estimate of drug-likeness (QED) is 0.429. The number of pyridine rings is 1. The van der Waals surface area contributed by atoms with Crippen LogP contribution in [0.3, 0.4) is 0 Å². The number of anilines is 1. The van der Waals surface area contributed by atoms with E-state index in [9.17, 15) is 32.9 Å². The van der Waals surface area contributed by atoms with Gasteiger partial charge < -0.3 is 15.1 Å². The topological polar surface area (TPSA) is 96.1 Å². The summed E-state index contributed by atoms with van der Waals surface area (Å²) in [5.41, 5.74) is -0.292. The molecule has 2 aliphatic heterocycles. The van der Waals surface area contributed by atoms with Crippen LogP contribution in [0.25, 0.3) is 11.3 Å². The Hall–Kier alpha value is -4.48. The summed E-state index contributed by atoms with van der Waals surface area (Å²) in [5.74, 6) is -0.806. The SMILES string of the molecule is CN1CC[C@H](NC(=O)C2(c3ccc(-c4cccc(F)c4C#N)nc3)CCN(c3ccc(C(F)(F)F)cc3C#N)CC2)C1. The number of nitriles is 2. The van der Waals surface area contributed by atoms with Gasteiger partial charge in [-0.05, 0) is 68.8 Å². The number of aromatic nitrogens is 1. The van der Waals surface area contributed by atoms with Crippen molar-refractivity contribution in [2.24, 2.45) is 0 Å². The van der Waals surface area contributed by atoms with E-state index in [0.29, 0.717) is 48.4 Å². The van der Waals surface area contributed by atoms with Crippen LogP contribution in [0, 0.1) is 28.5 Å². The summed E-state index contributed by atoms with van der Waals surface area (Å²) in [6.45, 7) is 2.23. The molecule has 0 aliphatic carbocycles. The standard InChI is InChI=1S/C31H28F4N6O/c1-40-12-9-23(19-40)39-29(42)30(22-5-7-27(38-18-22)24-3-2-4-26(32)25(24)17-37)10-13-41(14-11-30)28-8-6-21(31(33,34)35)15-20(28)16-36/h2-8,15,18,23H,9-14,19H2,1H3,(H,39,42)/t23-/m0/s1. The van der Waals surface area contributed by atoms with Crippen LogP contribution in [0.15, 0.2) is 54.7 Å². The number of hydrogen-bond donors (Lipinski definition) is 1. The van der Waals surface area contributed by atoms with Gasteiger partial charge >= 0.3 is 6.18 Å². The number of amides is 1. The third kappa shape index (κ3) is 5.53. The zero-order chi connectivity index (χ0) is 30.1. The number of carbonyl (C=O) groups excluding carboxylic acids is 1. The van der Waals surface area contributed by atoms with Gasteiger partial charge in [-0.15, -0.1) is 0 Å². The van der Waals surface area contributed by atoms with Crippen molar-refractivity contribution in [3.8, 4) is 23.4 Å². The van der Waals surface area contributed by atoms with Crippen molar-refractivity contribution in [3.05, 3.63) is 82.8 Å². The Morgan fingerprint density at radius 2 is 1.83 bits per heavy atom. The average molecular weight is 577 g/mol. The van der Waals surface area contributed by atoms with E-state index >= 15 is 0 Å². The van der Waals surface area contributed by atoms with Gasteiger partial charge in [-0.2, -0.15) is 23.7 Å². The van der Waals surface area contributed by atoms with Crippen molar-refractivity contribution in [1.29, 1.82) is 10.5 Å². The maximum Gasteiger partial charge on any atom is 0.416 e. The molecule has 1 aromatic heterocycles. The highest BCUT2D eigenvalue weighted by molar-refractivity contribution is 5.89. The van der Waals surface area contributed by atoms with E-state index in [0.717, 1.165) is 31.6 Å². The molecule has 11 heteroatoms. The number of alkyl halides is 3. The zero-order valence-corrected chi connectivity index (χ0v) is 22.9. The molecule has 0 unspecified atom stereocenters. The van der Waals surface area contributed by atoms with E-state index in [1.807, 2.05) is 24.1 Å². The van der Waals surface area contributed by atoms with E-state index in [2.05, 4.69) is 15.2 Å². The lowest BCUT2D eigenvalue weighted by Gasteiger charge is -2.42. The molecular weight excluding hydrogens is 548 g/mol. The van der Waals surface area contributed by atoms with Crippen LogP contribution in [0.4, 0.5) is 23.2 Å². The maximum absolute atomic E-state index is 14.2. The minimum Gasteiger partial charge on any atom is -0.370 e. The van der Waals surface area contributed by atoms with Crippen molar-refractivity contribution < 1.29 is 22.4 Å². The fraction of sp³-hybridized carbons (Fsp3) is 0.355. The van der Waals surface area contributed by atoms with Crippen molar-refractivity contribution in [2.45, 2.75) is 36.9 Å². The van der Waals surface area contributed by atoms with Gasteiger partial charge in [-0.3, -0.25) is 9.78 Å². The van der Waals surface area contributed by atoms with Gasteiger partial charge in [0.15, 0.2) is 0 Å². The average Bonchev–Trinajstić information content (AvgIpc) is 3.40. The minimum atomic E-state index is -4.56. The number of rotatable bonds is 5. The number of nitrogens with zero attached hydrogens (tertiary/aromatic N) is 5. The first-order valence-electron chi connectivity index (χ1n) is 13.6. The molecule has 1 atom stereocenters. The fourth-order valence-corrected chi connectivity index (χ4v) is 5.92. The number of carbonyl (C=O) groups is 1. The fourth-order valence-electron chi connectivity index (χ4n) is 5.92. The molecule has 2 saturated heterocycles. The second-order valence-corrected chi connectivity index (χ2v) is 10.8. The number of halogens is 4. The monoisotopic (exact) mass is 576 g/mol. The Bertz CT molecular complexity index is 1570. The van der Waals surface area contributed by atoms with Crippen molar-refractivity contribution >= 4 is 11.6 Å². The third-order valence-electron chi connectivity index (χ3n) is 8.28. The molecular formula is C31H28F4N6O. The highest BCUT2D eigenvalue weighted by atomic mass is 19.4. The summed E-state index contributed by atoms with van der Waals surface area (Å²) in [4.78, 5) is 22.4. The highest BCUT2D eigenvalue weighted by Crippen LogP contribution is 2.40. The second kappa shape index (κ2) is 11.4. The van der Waals surface area contributed by atoms with Gasteiger partial charge in [0, 0.05) is 37.4 Å². The zero-order valence-electron chi connectivity index (χ0n) is 22.9. The number of likely N-dealkylation sites (tertiary alicyclic amines) is 1. The highest BCUT2D eigenvalue weighted by Gasteiger charge is 2.44. The van der Waals surface area contributed by atoms with Gasteiger partial charge in [0.25, 0.3) is 0 Å². The first-order chi connectivity index (χ1) is 20.1. The van der Waals surface area contributed by atoms with Gasteiger partial charge in [-0.1, -0.05) is 18.2 Å². The summed E-state index contributed by atoms with van der Waals surface area (Å²) in [5, 5.41) is 22.2. The molecule has 5 rings (SSSR count). The molecule has 0 bridgehead atoms. The van der Waals surface area contributed by atoms with Crippen LogP contribution in [0.2, 0.25) is 0 Å². The normalized spacial score (nSPS) is 18.7. The molecule has 2 aromatic carbocycles. The lowest BCUT2D eigenvalue weighted by molar-refractivity contribution is -0.137. The number of likely N-dealkylation sites (N-methyl/N-ethyl adjacent to an activating group) is 1. The first kappa shape index (κ1) is 29.0.